The second kappa shape index (κ2) is 57.5. The molecule has 3 nitrogen and oxygen atoms in total. The van der Waals surface area contributed by atoms with E-state index in [9.17, 15) is 0 Å². The van der Waals surface area contributed by atoms with Gasteiger partial charge in [0.25, 0.3) is 0 Å². The number of aliphatic hydroxyl groups excluding tert-OH is 2. The third kappa shape index (κ3) is 88.8. The van der Waals surface area contributed by atoms with E-state index in [2.05, 4.69) is 214 Å². The van der Waals surface area contributed by atoms with Crippen molar-refractivity contribution in [2.24, 2.45) is 71.0 Å². The van der Waals surface area contributed by atoms with E-state index < -0.39 is 0 Å². The van der Waals surface area contributed by atoms with E-state index in [1.54, 1.807) is 6.92 Å². The van der Waals surface area contributed by atoms with Gasteiger partial charge in [-0.2, -0.15) is 24.4 Å². The van der Waals surface area contributed by atoms with Crippen molar-refractivity contribution in [2.75, 3.05) is 24.4 Å². The van der Waals surface area contributed by atoms with Crippen LogP contribution in [0.15, 0.2) is 30.5 Å². The lowest BCUT2D eigenvalue weighted by Gasteiger charge is -2.10. The Morgan fingerprint density at radius 3 is 1.11 bits per heavy atom. The van der Waals surface area contributed by atoms with Gasteiger partial charge in [0.05, 0.1) is 6.10 Å². The number of hydrogen-bond donors (Lipinski definition) is 4. The van der Waals surface area contributed by atoms with Gasteiger partial charge in [0.1, 0.15) is 0 Å². The van der Waals surface area contributed by atoms with Gasteiger partial charge in [0.2, 0.25) is 0 Å². The molecule has 1 aromatic heterocycles. The van der Waals surface area contributed by atoms with Gasteiger partial charge < -0.3 is 15.2 Å². The first-order valence-electron chi connectivity index (χ1n) is 25.8. The Balaban J connectivity index is -0.0000000916. The van der Waals surface area contributed by atoms with Crippen LogP contribution in [0.3, 0.4) is 0 Å². The van der Waals surface area contributed by atoms with Gasteiger partial charge in [-0.15, -0.1) is 0 Å². The molecule has 0 bridgehead atoms. The highest BCUT2D eigenvalue weighted by Gasteiger charge is 2.04. The Morgan fingerprint density at radius 1 is 0.571 bits per heavy atom. The monoisotopic (exact) mass is 932 g/mol. The number of hydrogen-bond acceptors (Lipinski definition) is 4. The van der Waals surface area contributed by atoms with Gasteiger partial charge in [-0.3, -0.25) is 0 Å². The first-order chi connectivity index (χ1) is 28.8. The van der Waals surface area contributed by atoms with Crippen molar-refractivity contribution in [1.29, 1.82) is 0 Å². The third-order valence-electron chi connectivity index (χ3n) is 8.96. The summed E-state index contributed by atoms with van der Waals surface area (Å²) in [7, 11) is 0. The van der Waals surface area contributed by atoms with Crippen LogP contribution in [0.2, 0.25) is 0 Å². The van der Waals surface area contributed by atoms with Crippen molar-refractivity contribution in [3.05, 3.63) is 36.0 Å². The maximum atomic E-state index is 8.63. The molecular formula is C58H125NO2S2. The highest BCUT2D eigenvalue weighted by molar-refractivity contribution is 7.98. The van der Waals surface area contributed by atoms with Crippen LogP contribution in [0.4, 0.5) is 0 Å². The molecule has 2 aromatic rings. The molecule has 0 spiro atoms. The number of fused-ring (bicyclic) bond motifs is 1. The predicted octanol–water partition coefficient (Wildman–Crippen LogP) is 19.7. The van der Waals surface area contributed by atoms with Crippen molar-refractivity contribution in [1.82, 2.24) is 4.98 Å². The topological polar surface area (TPSA) is 56.2 Å². The average molecular weight is 933 g/mol. The summed E-state index contributed by atoms with van der Waals surface area (Å²) in [6.45, 7) is 61.2. The summed E-state index contributed by atoms with van der Waals surface area (Å²) in [6, 6.07) is 8.47. The van der Waals surface area contributed by atoms with Crippen LogP contribution in [-0.4, -0.2) is 45.7 Å². The van der Waals surface area contributed by atoms with Crippen molar-refractivity contribution in [2.45, 2.75) is 232 Å². The number of aromatic nitrogens is 1. The molecule has 0 aliphatic carbocycles. The number of thioether (sulfide) groups is 1. The lowest BCUT2D eigenvalue weighted by Crippen LogP contribution is -2.07. The molecule has 2 atom stereocenters. The maximum Gasteiger partial charge on any atom is 0.0535 e. The molecule has 1 aromatic carbocycles. The molecule has 0 radical (unpaired) electrons. The summed E-state index contributed by atoms with van der Waals surface area (Å²) in [4.78, 5) is 3.29. The Labute approximate surface area is 411 Å². The van der Waals surface area contributed by atoms with Crippen LogP contribution in [0.25, 0.3) is 10.9 Å². The van der Waals surface area contributed by atoms with Crippen molar-refractivity contribution in [3.63, 3.8) is 0 Å². The Morgan fingerprint density at radius 2 is 0.937 bits per heavy atom. The SMILES string of the molecule is CC(C)C.CC(C)C(C)C.CC(C)C(C)O.CC(C)CC(C)C.CC(C)CO.CC(C)CS.CC(C)Cc1c[nH]c2ccccc12.CCC.CCC(C)C(C)C.CSCCC(C)C. The third-order valence-corrected chi connectivity index (χ3v) is 10.3. The number of rotatable bonds is 13. The van der Waals surface area contributed by atoms with Gasteiger partial charge in [0, 0.05) is 23.7 Å². The number of H-pyrrole nitrogens is 1. The highest BCUT2D eigenvalue weighted by atomic mass is 32.2. The molecule has 0 amide bonds. The number of benzene rings is 1. The fraction of sp³-hybridized carbons (Fsp3) is 0.862. The van der Waals surface area contributed by atoms with Gasteiger partial charge >= 0.3 is 0 Å². The highest BCUT2D eigenvalue weighted by Crippen LogP contribution is 2.20. The quantitative estimate of drug-likeness (QED) is 0.151. The standard InChI is InChI=1S/C12H15N.2C7H16.C6H14S.C6H14.C5H12O.C4H10O.C4H10S.C4H10.C3H8/c1-9(2)7-10-8-13-12-6-4-3-5-11(10)12;1-6(2)5-7(3)4;1-5-7(4)6(2)3;1-6(2)4-5-7-3;1-5(2)6(3)4;1-4(2)5(3)6;2*1-4(2)3-5;1-4(2)3;1-3-2/h3-6,8-9,13H,7H2,1-2H3;2*6-7H,5H2,1-4H3;6H,4-5H2,1-3H3;5-6H,1-4H3;4-6H,1-3H3;2*4-5H,3H2,1-2H3;4H,1-3H3;3H2,1-2H3. The van der Waals surface area contributed by atoms with Crippen LogP contribution < -0.4 is 0 Å². The average Bonchev–Trinajstić information content (AvgIpc) is 3.56. The van der Waals surface area contributed by atoms with Gasteiger partial charge in [0.15, 0.2) is 0 Å². The first-order valence-corrected chi connectivity index (χ1v) is 27.8. The molecule has 386 valence electrons. The minimum absolute atomic E-state index is 0.148. The number of aromatic amines is 1. The predicted molar refractivity (Wildman–Crippen MR) is 307 cm³/mol. The summed E-state index contributed by atoms with van der Waals surface area (Å²) >= 11 is 5.95. The smallest absolute Gasteiger partial charge is 0.0535 e. The fourth-order valence-corrected chi connectivity index (χ4v) is 4.22. The zero-order valence-corrected chi connectivity index (χ0v) is 50.5. The molecule has 0 aliphatic heterocycles. The molecule has 5 heteroatoms. The lowest BCUT2D eigenvalue weighted by atomic mass is 9.96. The summed E-state index contributed by atoms with van der Waals surface area (Å²) in [6.07, 6.45) is 10.6. The van der Waals surface area contributed by atoms with E-state index in [0.717, 1.165) is 71.4 Å². The number of para-hydroxylation sites is 1. The van der Waals surface area contributed by atoms with E-state index in [0.29, 0.717) is 18.4 Å². The number of aliphatic hydroxyl groups is 2. The zero-order chi connectivity index (χ0) is 51.8. The Hall–Kier alpha value is -0.620. The molecule has 1 heterocycles. The minimum atomic E-state index is -0.148. The molecule has 0 aliphatic rings. The van der Waals surface area contributed by atoms with Gasteiger partial charge in [-0.1, -0.05) is 218 Å². The van der Waals surface area contributed by atoms with Gasteiger partial charge in [-0.05, 0) is 127 Å². The molecule has 0 saturated heterocycles. The molecule has 63 heavy (non-hydrogen) atoms. The molecule has 2 rings (SSSR count). The lowest BCUT2D eigenvalue weighted by molar-refractivity contribution is 0.144. The van der Waals surface area contributed by atoms with E-state index >= 15 is 0 Å². The largest absolute Gasteiger partial charge is 0.396 e. The van der Waals surface area contributed by atoms with E-state index in [1.807, 2.05) is 39.5 Å². The van der Waals surface area contributed by atoms with Crippen LogP contribution in [-0.2, 0) is 6.42 Å². The summed E-state index contributed by atoms with van der Waals surface area (Å²) < 4.78 is 0. The Bertz CT molecular complexity index is 1010. The summed E-state index contributed by atoms with van der Waals surface area (Å²) in [5.41, 5.74) is 2.68. The van der Waals surface area contributed by atoms with E-state index in [4.69, 9.17) is 10.2 Å². The second-order valence-corrected chi connectivity index (χ2v) is 23.2. The van der Waals surface area contributed by atoms with Crippen LogP contribution in [0.5, 0.6) is 0 Å². The van der Waals surface area contributed by atoms with Crippen LogP contribution >= 0.6 is 24.4 Å². The van der Waals surface area contributed by atoms with E-state index in [-0.39, 0.29) is 6.10 Å². The van der Waals surface area contributed by atoms with Crippen molar-refractivity contribution >= 4 is 35.3 Å². The normalized spacial score (nSPS) is 11.3. The Kier molecular flexibility index (Phi) is 72.5. The fourth-order valence-electron chi connectivity index (χ4n) is 3.51. The zero-order valence-electron chi connectivity index (χ0n) is 48.8. The summed E-state index contributed by atoms with van der Waals surface area (Å²) in [5.74, 6) is 11.6. The second-order valence-electron chi connectivity index (χ2n) is 21.9. The van der Waals surface area contributed by atoms with Crippen molar-refractivity contribution < 1.29 is 10.2 Å². The minimum Gasteiger partial charge on any atom is -0.396 e. The molecule has 0 saturated carbocycles. The summed E-state index contributed by atoms with van der Waals surface area (Å²) in [5, 5.41) is 18.1. The maximum absolute atomic E-state index is 8.63. The van der Waals surface area contributed by atoms with Gasteiger partial charge in [-0.25, -0.2) is 0 Å². The molecular weight excluding hydrogens is 807 g/mol. The first kappa shape index (κ1) is 79.5. The number of nitrogens with one attached hydrogen (secondary N) is 1. The van der Waals surface area contributed by atoms with Crippen LogP contribution in [0.1, 0.15) is 225 Å². The van der Waals surface area contributed by atoms with Crippen LogP contribution in [0, 0.1) is 71.0 Å². The number of thiol groups is 1. The molecule has 3 N–H and O–H groups in total. The molecule has 2 unspecified atom stereocenters. The molecule has 0 fully saturated rings. The van der Waals surface area contributed by atoms with Crippen molar-refractivity contribution in [3.8, 4) is 0 Å². The van der Waals surface area contributed by atoms with E-state index in [1.165, 1.54) is 47.9 Å².